The molecule has 4 aliphatic rings. The van der Waals surface area contributed by atoms with Crippen molar-refractivity contribution < 1.29 is 9.13 Å². The second-order valence-electron chi connectivity index (χ2n) is 13.0. The minimum absolute atomic E-state index is 0.0484. The van der Waals surface area contributed by atoms with Crippen LogP contribution in [0.1, 0.15) is 82.5 Å². The summed E-state index contributed by atoms with van der Waals surface area (Å²) < 4.78 is 22.8. The number of ether oxygens (including phenoxy) is 1. The first-order valence-electron chi connectivity index (χ1n) is 15.7. The number of benzene rings is 1. The Morgan fingerprint density at radius 3 is 2.59 bits per heavy atom. The Morgan fingerprint density at radius 1 is 1.00 bits per heavy atom. The summed E-state index contributed by atoms with van der Waals surface area (Å²) in [4.78, 5) is 18.2. The summed E-state index contributed by atoms with van der Waals surface area (Å²) in [6.07, 6.45) is 7.53. The van der Waals surface area contributed by atoms with Crippen LogP contribution in [0.25, 0.3) is 11.1 Å². The van der Waals surface area contributed by atoms with E-state index < -0.39 is 0 Å². The van der Waals surface area contributed by atoms with E-state index in [9.17, 15) is 4.79 Å². The molecule has 0 amide bonds. The topological polar surface area (TPSA) is 87.6 Å². The van der Waals surface area contributed by atoms with Gasteiger partial charge in [0.1, 0.15) is 17.6 Å². The van der Waals surface area contributed by atoms with Crippen LogP contribution in [0.3, 0.4) is 0 Å². The molecule has 4 aromatic rings. The molecule has 44 heavy (non-hydrogen) atoms. The largest absolute Gasteiger partial charge is 0.355 e. The highest BCUT2D eigenvalue weighted by molar-refractivity contribution is 7.12. The molecule has 2 bridgehead atoms. The van der Waals surface area contributed by atoms with E-state index in [4.69, 9.17) is 4.74 Å². The van der Waals surface area contributed by atoms with Gasteiger partial charge < -0.3 is 24.8 Å². The van der Waals surface area contributed by atoms with Gasteiger partial charge in [-0.2, -0.15) is 5.10 Å². The Bertz CT molecular complexity index is 1770. The fraction of sp³-hybridized carbons (Fsp3) is 0.441. The number of hydrogen-bond acceptors (Lipinski definition) is 8. The van der Waals surface area contributed by atoms with Crippen molar-refractivity contribution in [2.75, 3.05) is 30.8 Å². The van der Waals surface area contributed by atoms with Gasteiger partial charge in [0.25, 0.3) is 5.56 Å². The fourth-order valence-electron chi connectivity index (χ4n) is 7.49. The summed E-state index contributed by atoms with van der Waals surface area (Å²) in [5, 5.41) is 15.4. The Labute approximate surface area is 260 Å². The van der Waals surface area contributed by atoms with Gasteiger partial charge in [0.15, 0.2) is 12.0 Å². The van der Waals surface area contributed by atoms with E-state index in [1.165, 1.54) is 40.3 Å². The zero-order chi connectivity index (χ0) is 30.1. The molecule has 3 aromatic heterocycles. The molecule has 0 spiro atoms. The summed E-state index contributed by atoms with van der Waals surface area (Å²) in [6.45, 7) is 4.02. The van der Waals surface area contributed by atoms with E-state index in [2.05, 4.69) is 38.8 Å². The molecular weight excluding hydrogens is 575 g/mol. The number of fused-ring (bicyclic) bond motifs is 5. The third kappa shape index (κ3) is 4.93. The number of piperidine rings is 1. The number of anilines is 3. The first-order chi connectivity index (χ1) is 21.3. The van der Waals surface area contributed by atoms with Crippen molar-refractivity contribution in [3.05, 3.63) is 85.3 Å². The van der Waals surface area contributed by atoms with Gasteiger partial charge in [-0.25, -0.2) is 4.39 Å². The maximum Gasteiger partial charge on any atom is 0.274 e. The van der Waals surface area contributed by atoms with Crippen LogP contribution < -0.4 is 16.2 Å². The molecule has 1 aromatic carbocycles. The zero-order valence-corrected chi connectivity index (χ0v) is 26.1. The van der Waals surface area contributed by atoms with E-state index in [1.807, 2.05) is 30.4 Å². The lowest BCUT2D eigenvalue weighted by molar-refractivity contribution is 0.253. The number of thiophene rings is 1. The molecule has 8 rings (SSSR count). The Balaban J connectivity index is 1.01. The molecule has 8 nitrogen and oxygen atoms in total. The fourth-order valence-corrected chi connectivity index (χ4v) is 8.95. The Hall–Kier alpha value is -3.60. The monoisotopic (exact) mass is 612 g/mol. The van der Waals surface area contributed by atoms with Gasteiger partial charge in [-0.1, -0.05) is 6.07 Å². The number of aryl methyl sites for hydroxylation is 1. The van der Waals surface area contributed by atoms with Crippen molar-refractivity contribution in [1.29, 1.82) is 0 Å². The summed E-state index contributed by atoms with van der Waals surface area (Å²) in [5.74, 6) is 2.05. The molecule has 5 heterocycles. The molecule has 10 heteroatoms. The highest BCUT2D eigenvalue weighted by Gasteiger charge is 2.46. The van der Waals surface area contributed by atoms with E-state index in [0.29, 0.717) is 23.1 Å². The van der Waals surface area contributed by atoms with Crippen molar-refractivity contribution in [3.63, 3.8) is 0 Å². The molecule has 4 atom stereocenters. The predicted molar refractivity (Wildman–Crippen MR) is 171 cm³/mol. The smallest absolute Gasteiger partial charge is 0.274 e. The van der Waals surface area contributed by atoms with E-state index in [0.717, 1.165) is 60.2 Å². The van der Waals surface area contributed by atoms with Crippen LogP contribution in [0.5, 0.6) is 0 Å². The van der Waals surface area contributed by atoms with E-state index in [1.54, 1.807) is 30.3 Å². The lowest BCUT2D eigenvalue weighted by atomic mass is 9.94. The van der Waals surface area contributed by atoms with E-state index in [-0.39, 0.29) is 23.7 Å². The average molecular weight is 613 g/mol. The maximum atomic E-state index is 15.2. The average Bonchev–Trinajstić information content (AvgIpc) is 3.32. The third-order valence-electron chi connectivity index (χ3n) is 10.1. The van der Waals surface area contributed by atoms with Gasteiger partial charge in [-0.3, -0.25) is 4.79 Å². The number of hydrogen-bond donors (Lipinski definition) is 2. The van der Waals surface area contributed by atoms with Crippen molar-refractivity contribution in [2.45, 2.75) is 69.1 Å². The number of epoxide rings is 1. The number of likely N-dealkylation sites (tertiary alicyclic amines) is 1. The summed E-state index contributed by atoms with van der Waals surface area (Å²) in [5.41, 5.74) is 5.54. The number of pyridine rings is 1. The highest BCUT2D eigenvalue weighted by atomic mass is 32.1. The number of halogens is 1. The molecule has 228 valence electrons. The Kier molecular flexibility index (Phi) is 6.84. The van der Waals surface area contributed by atoms with Gasteiger partial charge in [-0.15, -0.1) is 16.4 Å². The minimum atomic E-state index is -0.324. The lowest BCUT2D eigenvalue weighted by Gasteiger charge is -2.28. The number of rotatable bonds is 7. The van der Waals surface area contributed by atoms with Crippen LogP contribution in [-0.2, 0) is 11.8 Å². The first kappa shape index (κ1) is 27.9. The van der Waals surface area contributed by atoms with Gasteiger partial charge >= 0.3 is 0 Å². The van der Waals surface area contributed by atoms with Gasteiger partial charge in [0, 0.05) is 34.5 Å². The molecule has 0 radical (unpaired) electrons. The van der Waals surface area contributed by atoms with Crippen LogP contribution in [0.4, 0.5) is 21.6 Å². The molecule has 2 N–H and O–H groups in total. The van der Waals surface area contributed by atoms with Crippen LogP contribution in [0.15, 0.2) is 47.4 Å². The van der Waals surface area contributed by atoms with Crippen molar-refractivity contribution in [2.24, 2.45) is 7.05 Å². The SMILES string of the molecule is Cc1c(-c2cc(Nc3ccc(C4CCN(C)CC4)nn3)c(=O)n(C)c2)ccc(F)c1NC1OC1c1cc2c(s1)C1CCC2C1. The van der Waals surface area contributed by atoms with Crippen LogP contribution in [0.2, 0.25) is 0 Å². The maximum absolute atomic E-state index is 15.2. The van der Waals surface area contributed by atoms with Crippen molar-refractivity contribution in [1.82, 2.24) is 19.7 Å². The van der Waals surface area contributed by atoms with Gasteiger partial charge in [-0.05, 0) is 118 Å². The molecule has 3 fully saturated rings. The standard InChI is InChI=1S/C34H37FN6O2S/c1-18-23(6-7-25(35)30(18)37-33-31(43-33)28-16-24-20-4-5-21(14-20)32(24)44-28)22-15-27(34(42)41(3)17-22)36-29-9-8-26(38-39-29)19-10-12-40(2)13-11-19/h6-9,15-17,19-21,31,33,37H,4-5,10-14H2,1-3H3,(H,36,39). The second-order valence-corrected chi connectivity index (χ2v) is 14.1. The third-order valence-corrected chi connectivity index (χ3v) is 11.5. The molecule has 2 aliphatic heterocycles. The van der Waals surface area contributed by atoms with Crippen LogP contribution >= 0.6 is 11.3 Å². The summed E-state index contributed by atoms with van der Waals surface area (Å²) >= 11 is 1.88. The molecule has 1 saturated carbocycles. The summed E-state index contributed by atoms with van der Waals surface area (Å²) in [7, 11) is 3.86. The number of nitrogens with zero attached hydrogens (tertiary/aromatic N) is 4. The number of nitrogens with one attached hydrogen (secondary N) is 2. The van der Waals surface area contributed by atoms with E-state index >= 15 is 4.39 Å². The quantitative estimate of drug-likeness (QED) is 0.223. The minimum Gasteiger partial charge on any atom is -0.355 e. The second kappa shape index (κ2) is 10.8. The predicted octanol–water partition coefficient (Wildman–Crippen LogP) is 6.78. The highest BCUT2D eigenvalue weighted by Crippen LogP contribution is 2.58. The normalized spacial score (nSPS) is 24.5. The van der Waals surface area contributed by atoms with Crippen LogP contribution in [-0.4, -0.2) is 46.0 Å². The first-order valence-corrected chi connectivity index (χ1v) is 16.5. The van der Waals surface area contributed by atoms with Gasteiger partial charge in [0.2, 0.25) is 0 Å². The molecule has 2 aliphatic carbocycles. The molecule has 4 unspecified atom stereocenters. The summed E-state index contributed by atoms with van der Waals surface area (Å²) in [6, 6.07) is 11.3. The number of aromatic nitrogens is 3. The Morgan fingerprint density at radius 2 is 1.82 bits per heavy atom. The molecule has 2 saturated heterocycles. The van der Waals surface area contributed by atoms with Crippen molar-refractivity contribution in [3.8, 4) is 11.1 Å². The molecular formula is C34H37FN6O2S. The lowest BCUT2D eigenvalue weighted by Crippen LogP contribution is -2.29. The zero-order valence-electron chi connectivity index (χ0n) is 25.3. The van der Waals surface area contributed by atoms with Crippen LogP contribution in [0, 0.1) is 12.7 Å². The van der Waals surface area contributed by atoms with Gasteiger partial charge in [0.05, 0.1) is 11.4 Å². The van der Waals surface area contributed by atoms with Crippen molar-refractivity contribution >= 4 is 28.5 Å².